The SMILES string of the molecule is CCOC(=O)C(C(=O)C(C)C)=C1Sc2c(OC(=O)C3CCC(C4CCC(C)CC4)CC3)ccc(OC(=O)C3CCC(C4CCC(C)CC4)CC3)c2S1. The Bertz CT molecular complexity index is 1400. The summed E-state index contributed by atoms with van der Waals surface area (Å²) in [6.45, 7) is 10.1. The van der Waals surface area contributed by atoms with E-state index >= 15 is 0 Å². The van der Waals surface area contributed by atoms with E-state index in [0.29, 0.717) is 37.4 Å². The maximum Gasteiger partial charge on any atom is 0.343 e. The second-order valence-electron chi connectivity index (χ2n) is 16.9. The highest BCUT2D eigenvalue weighted by Gasteiger charge is 2.39. The molecule has 0 spiro atoms. The van der Waals surface area contributed by atoms with Crippen molar-refractivity contribution in [3.05, 3.63) is 21.9 Å². The molecule has 0 aromatic heterocycles. The summed E-state index contributed by atoms with van der Waals surface area (Å²) in [5.74, 6) is 3.15. The molecule has 0 bridgehead atoms. The highest BCUT2D eigenvalue weighted by atomic mass is 32.2. The van der Waals surface area contributed by atoms with E-state index in [1.165, 1.54) is 74.9 Å². The third kappa shape index (κ3) is 9.33. The van der Waals surface area contributed by atoms with Gasteiger partial charge in [0.25, 0.3) is 0 Å². The van der Waals surface area contributed by atoms with E-state index < -0.39 is 11.9 Å². The lowest BCUT2D eigenvalue weighted by atomic mass is 9.69. The molecule has 4 aliphatic carbocycles. The Hall–Kier alpha value is -2.26. The van der Waals surface area contributed by atoms with Crippen molar-refractivity contribution in [1.82, 2.24) is 0 Å². The topological polar surface area (TPSA) is 96.0 Å². The van der Waals surface area contributed by atoms with Crippen LogP contribution in [0.1, 0.15) is 137 Å². The van der Waals surface area contributed by atoms with Crippen LogP contribution in [-0.4, -0.2) is 30.3 Å². The average molecular weight is 753 g/mol. The van der Waals surface area contributed by atoms with Crippen molar-refractivity contribution in [3.63, 3.8) is 0 Å². The van der Waals surface area contributed by atoms with Crippen LogP contribution >= 0.6 is 23.5 Å². The van der Waals surface area contributed by atoms with Crippen molar-refractivity contribution < 1.29 is 33.4 Å². The van der Waals surface area contributed by atoms with Crippen molar-refractivity contribution in [2.75, 3.05) is 6.61 Å². The largest absolute Gasteiger partial charge is 0.462 e. The number of hydrogen-bond donors (Lipinski definition) is 0. The molecular weight excluding hydrogens is 693 g/mol. The van der Waals surface area contributed by atoms with E-state index in [0.717, 1.165) is 75.0 Å². The molecule has 1 heterocycles. The average Bonchev–Trinajstić information content (AvgIpc) is 3.59. The molecule has 0 unspecified atom stereocenters. The van der Waals surface area contributed by atoms with Crippen LogP contribution in [0.15, 0.2) is 31.7 Å². The summed E-state index contributed by atoms with van der Waals surface area (Å²) in [6.07, 6.45) is 18.1. The van der Waals surface area contributed by atoms with Crippen LogP contribution in [0.2, 0.25) is 0 Å². The minimum absolute atomic E-state index is 0.0107. The fraction of sp³-hybridized carbons (Fsp3) is 0.721. The zero-order valence-corrected chi connectivity index (χ0v) is 33.7. The highest BCUT2D eigenvalue weighted by Crippen LogP contribution is 2.59. The maximum atomic E-state index is 13.7. The number of esters is 3. The molecule has 52 heavy (non-hydrogen) atoms. The Labute approximate surface area is 319 Å². The van der Waals surface area contributed by atoms with E-state index in [1.807, 2.05) is 0 Å². The molecule has 9 heteroatoms. The van der Waals surface area contributed by atoms with Crippen molar-refractivity contribution in [2.45, 2.75) is 147 Å². The number of fused-ring (bicyclic) bond motifs is 1. The van der Waals surface area contributed by atoms with E-state index in [1.54, 1.807) is 32.9 Å². The number of ketones is 1. The van der Waals surface area contributed by atoms with E-state index in [-0.39, 0.29) is 41.7 Å². The molecular formula is C43H60O7S2. The summed E-state index contributed by atoms with van der Waals surface area (Å²) >= 11 is 2.45. The van der Waals surface area contributed by atoms with Crippen LogP contribution in [-0.2, 0) is 23.9 Å². The van der Waals surface area contributed by atoms with Crippen LogP contribution in [0.4, 0.5) is 0 Å². The van der Waals surface area contributed by atoms with Gasteiger partial charge in [-0.1, -0.05) is 76.9 Å². The lowest BCUT2D eigenvalue weighted by Gasteiger charge is -2.36. The highest BCUT2D eigenvalue weighted by molar-refractivity contribution is 8.25. The number of thioether (sulfide) groups is 2. The minimum Gasteiger partial charge on any atom is -0.462 e. The third-order valence-corrected chi connectivity index (χ3v) is 15.6. The molecule has 1 aliphatic heterocycles. The lowest BCUT2D eigenvalue weighted by molar-refractivity contribution is -0.141. The number of carbonyl (C=O) groups is 4. The van der Waals surface area contributed by atoms with Gasteiger partial charge < -0.3 is 14.2 Å². The van der Waals surface area contributed by atoms with Gasteiger partial charge in [0.15, 0.2) is 5.78 Å². The smallest absolute Gasteiger partial charge is 0.343 e. The van der Waals surface area contributed by atoms with Gasteiger partial charge in [-0.05, 0) is 132 Å². The van der Waals surface area contributed by atoms with Crippen LogP contribution in [0.25, 0.3) is 0 Å². The molecule has 0 radical (unpaired) electrons. The van der Waals surface area contributed by atoms with Crippen molar-refractivity contribution >= 4 is 47.2 Å². The molecule has 0 N–H and O–H groups in total. The van der Waals surface area contributed by atoms with Crippen molar-refractivity contribution in [3.8, 4) is 11.5 Å². The zero-order chi connectivity index (χ0) is 36.9. The molecule has 1 aromatic rings. The quantitative estimate of drug-likeness (QED) is 0.0761. The molecule has 286 valence electrons. The molecule has 4 fully saturated rings. The summed E-state index contributed by atoms with van der Waals surface area (Å²) in [7, 11) is 0. The normalized spacial score (nSPS) is 30.7. The second kappa shape index (κ2) is 17.9. The van der Waals surface area contributed by atoms with Crippen LogP contribution < -0.4 is 9.47 Å². The number of Topliss-reactive ketones (excluding diaryl/α,β-unsaturated/α-hetero) is 1. The monoisotopic (exact) mass is 752 g/mol. The van der Waals surface area contributed by atoms with Crippen LogP contribution in [0.3, 0.4) is 0 Å². The van der Waals surface area contributed by atoms with Crippen molar-refractivity contribution in [2.24, 2.45) is 53.3 Å². The van der Waals surface area contributed by atoms with E-state index in [4.69, 9.17) is 14.2 Å². The summed E-state index contributed by atoms with van der Waals surface area (Å²) in [4.78, 5) is 55.1. The van der Waals surface area contributed by atoms with Gasteiger partial charge in [-0.25, -0.2) is 4.79 Å². The Balaban J connectivity index is 1.18. The van der Waals surface area contributed by atoms with Gasteiger partial charge in [0.2, 0.25) is 0 Å². The molecule has 7 nitrogen and oxygen atoms in total. The predicted molar refractivity (Wildman–Crippen MR) is 206 cm³/mol. The predicted octanol–water partition coefficient (Wildman–Crippen LogP) is 11.0. The van der Waals surface area contributed by atoms with E-state index in [9.17, 15) is 19.2 Å². The number of ether oxygens (including phenoxy) is 3. The summed E-state index contributed by atoms with van der Waals surface area (Å²) in [5, 5.41) is 0. The molecule has 6 rings (SSSR count). The first-order valence-electron chi connectivity index (χ1n) is 20.4. The van der Waals surface area contributed by atoms with Gasteiger partial charge in [-0.3, -0.25) is 14.4 Å². The van der Waals surface area contributed by atoms with Gasteiger partial charge in [-0.15, -0.1) is 0 Å². The maximum absolute atomic E-state index is 13.7. The van der Waals surface area contributed by atoms with Gasteiger partial charge in [-0.2, -0.15) is 0 Å². The third-order valence-electron chi connectivity index (χ3n) is 13.0. The Morgan fingerprint density at radius 1 is 0.615 bits per heavy atom. The standard InChI is InChI=1S/C43H60O7S2/c1-6-48-42(47)36(37(44)25(2)3)43-51-38-34(49-40(45)32-19-15-30(16-20-32)28-11-7-26(4)8-12-28)23-24-35(39(38)52-43)50-41(46)33-21-17-31(18-22-33)29-13-9-27(5)10-14-29/h23-33H,6-22H2,1-5H3. The first-order valence-corrected chi connectivity index (χ1v) is 22.1. The van der Waals surface area contributed by atoms with E-state index in [2.05, 4.69) is 13.8 Å². The van der Waals surface area contributed by atoms with Crippen LogP contribution in [0.5, 0.6) is 11.5 Å². The lowest BCUT2D eigenvalue weighted by Crippen LogP contribution is -2.30. The molecule has 0 saturated heterocycles. The molecule has 4 saturated carbocycles. The number of rotatable bonds is 10. The summed E-state index contributed by atoms with van der Waals surface area (Å²) < 4.78 is 18.1. The van der Waals surface area contributed by atoms with Crippen molar-refractivity contribution in [1.29, 1.82) is 0 Å². The number of hydrogen-bond acceptors (Lipinski definition) is 9. The number of carbonyl (C=O) groups excluding carboxylic acids is 4. The Morgan fingerprint density at radius 2 is 0.981 bits per heavy atom. The Morgan fingerprint density at radius 3 is 1.33 bits per heavy atom. The molecule has 0 amide bonds. The minimum atomic E-state index is -0.672. The molecule has 1 aromatic carbocycles. The summed E-state index contributed by atoms with van der Waals surface area (Å²) in [5.41, 5.74) is -0.0107. The second-order valence-corrected chi connectivity index (χ2v) is 19.2. The first-order chi connectivity index (χ1) is 25.0. The van der Waals surface area contributed by atoms with Crippen LogP contribution in [0, 0.1) is 53.3 Å². The number of benzene rings is 1. The first kappa shape index (κ1) is 39.4. The zero-order valence-electron chi connectivity index (χ0n) is 32.0. The van der Waals surface area contributed by atoms with Gasteiger partial charge >= 0.3 is 17.9 Å². The van der Waals surface area contributed by atoms with Gasteiger partial charge in [0.1, 0.15) is 17.1 Å². The fourth-order valence-corrected chi connectivity index (χ4v) is 12.2. The Kier molecular flexibility index (Phi) is 13.6. The molecule has 5 aliphatic rings. The van der Waals surface area contributed by atoms with Gasteiger partial charge in [0, 0.05) is 5.92 Å². The summed E-state index contributed by atoms with van der Waals surface area (Å²) in [6, 6.07) is 3.42. The fourth-order valence-electron chi connectivity index (χ4n) is 9.52. The van der Waals surface area contributed by atoms with Gasteiger partial charge in [0.05, 0.1) is 32.5 Å². The molecule has 0 atom stereocenters.